The Labute approximate surface area is 143 Å². The van der Waals surface area contributed by atoms with Crippen molar-refractivity contribution in [2.75, 3.05) is 27.7 Å². The molecule has 1 N–H and O–H groups in total. The first-order valence-corrected chi connectivity index (χ1v) is 7.37. The number of aromatic amines is 1. The molecule has 1 heterocycles. The Bertz CT molecular complexity index is 639. The van der Waals surface area contributed by atoms with E-state index in [2.05, 4.69) is 44.6 Å². The first kappa shape index (κ1) is 20.5. The molecule has 1 aromatic carbocycles. The Morgan fingerprint density at radius 1 is 1.20 bits per heavy atom. The number of hydrogen-bond donors (Lipinski definition) is 1. The van der Waals surface area contributed by atoms with E-state index in [0.29, 0.717) is 5.88 Å². The number of nitrogens with one attached hydrogen (secondary N) is 1. The molecule has 2 rings (SSSR count). The Hall–Kier alpha value is -2.59. The molecule has 0 saturated heterocycles. The highest BCUT2D eigenvalue weighted by molar-refractivity contribution is 6.50. The van der Waals surface area contributed by atoms with Crippen molar-refractivity contribution in [1.82, 2.24) is 20.3 Å². The monoisotopic (exact) mass is 361 g/mol. The van der Waals surface area contributed by atoms with Gasteiger partial charge in [0.1, 0.15) is 6.20 Å². The fourth-order valence-electron chi connectivity index (χ4n) is 1.88. The molecule has 138 valence electrons. The lowest BCUT2D eigenvalue weighted by Gasteiger charge is -2.14. The summed E-state index contributed by atoms with van der Waals surface area (Å²) in [4.78, 5) is 2.06. The molecule has 0 radical (unpaired) electrons. The molecule has 11 heteroatoms. The van der Waals surface area contributed by atoms with Gasteiger partial charge in [0.2, 0.25) is 0 Å². The van der Waals surface area contributed by atoms with Gasteiger partial charge in [-0.05, 0) is 5.56 Å². The molecule has 0 atom stereocenters. The van der Waals surface area contributed by atoms with Gasteiger partial charge < -0.3 is 22.0 Å². The number of amidine groups is 1. The van der Waals surface area contributed by atoms with E-state index in [1.807, 2.05) is 31.8 Å². The summed E-state index contributed by atoms with van der Waals surface area (Å²) >= 11 is 0. The third kappa shape index (κ3) is 9.33. The first-order valence-electron chi connectivity index (χ1n) is 7.37. The van der Waals surface area contributed by atoms with E-state index in [-0.39, 0.29) is 0 Å². The van der Waals surface area contributed by atoms with Gasteiger partial charge in [0.25, 0.3) is 5.88 Å². The molecule has 0 amide bonds. The van der Waals surface area contributed by atoms with E-state index >= 15 is 0 Å². The number of ether oxygens (including phenoxy) is 1. The predicted octanol–water partition coefficient (Wildman–Crippen LogP) is 2.29. The highest BCUT2D eigenvalue weighted by Gasteiger charge is 2.21. The minimum absolute atomic E-state index is 0.459. The fourth-order valence-corrected chi connectivity index (χ4v) is 1.88. The number of hydrogen-bond acceptors (Lipinski definition) is 3. The predicted molar refractivity (Wildman–Crippen MR) is 87.1 cm³/mol. The molecule has 0 aliphatic rings. The summed E-state index contributed by atoms with van der Waals surface area (Å²) in [5.74, 6) is 0.459. The molecule has 0 fully saturated rings. The normalized spacial score (nSPS) is 10.5. The lowest BCUT2D eigenvalue weighted by molar-refractivity contribution is -0.478. The van der Waals surface area contributed by atoms with E-state index in [4.69, 9.17) is 4.74 Å². The molecule has 0 bridgehead atoms. The number of nitrogens with zero attached hydrogens (tertiary/aromatic N) is 4. The maximum absolute atomic E-state index is 9.75. The summed E-state index contributed by atoms with van der Waals surface area (Å²) in [5.41, 5.74) is 1.30. The van der Waals surface area contributed by atoms with Crippen molar-refractivity contribution in [3.05, 3.63) is 42.1 Å². The number of likely N-dealkylation sites (N-methyl/N-ethyl adjacent to an activating group) is 1. The van der Waals surface area contributed by atoms with Gasteiger partial charge in [0, 0.05) is 6.42 Å². The van der Waals surface area contributed by atoms with Crippen LogP contribution in [0.1, 0.15) is 5.56 Å². The van der Waals surface area contributed by atoms with Crippen LogP contribution in [0.4, 0.5) is 17.3 Å². The zero-order valence-corrected chi connectivity index (χ0v) is 14.2. The van der Waals surface area contributed by atoms with Crippen LogP contribution >= 0.6 is 0 Å². The molecule has 25 heavy (non-hydrogen) atoms. The molecular weight excluding hydrogens is 341 g/mol. The van der Waals surface area contributed by atoms with E-state index < -0.39 is 7.25 Å². The first-order chi connectivity index (χ1) is 11.7. The van der Waals surface area contributed by atoms with Gasteiger partial charge in [0.15, 0.2) is 0 Å². The van der Waals surface area contributed by atoms with Crippen LogP contribution in [0.5, 0.6) is 5.88 Å². The minimum Gasteiger partial charge on any atom is -0.418 e. The Morgan fingerprint density at radius 2 is 1.80 bits per heavy atom. The van der Waals surface area contributed by atoms with Crippen LogP contribution in [0.2, 0.25) is 0 Å². The van der Waals surface area contributed by atoms with Gasteiger partial charge in [-0.25, -0.2) is 9.48 Å². The van der Waals surface area contributed by atoms with Gasteiger partial charge in [-0.15, -0.1) is 5.10 Å². The lowest BCUT2D eigenvalue weighted by Crippen LogP contribution is -2.38. The van der Waals surface area contributed by atoms with Gasteiger partial charge in [0.05, 0.1) is 27.7 Å². The highest BCUT2D eigenvalue weighted by atomic mass is 19.5. The van der Waals surface area contributed by atoms with Crippen molar-refractivity contribution in [1.29, 1.82) is 0 Å². The van der Waals surface area contributed by atoms with E-state index in [1.54, 1.807) is 6.20 Å². The molecule has 0 saturated carbocycles. The number of halogens is 4. The van der Waals surface area contributed by atoms with Crippen LogP contribution < -0.4 is 4.74 Å². The van der Waals surface area contributed by atoms with E-state index in [0.717, 1.165) is 19.0 Å². The number of aromatic nitrogens is 3. The van der Waals surface area contributed by atoms with Crippen molar-refractivity contribution in [3.63, 3.8) is 0 Å². The SMILES string of the molecule is CN(CCc1ccccc1)C(Oc1cn[nH]n1)=[N+](C)C.F[B-](F)(F)F. The summed E-state index contributed by atoms with van der Waals surface area (Å²) < 4.78 is 46.6. The molecule has 0 unspecified atom stereocenters. The maximum Gasteiger partial charge on any atom is 0.673 e. The second-order valence-corrected chi connectivity index (χ2v) is 5.24. The van der Waals surface area contributed by atoms with Crippen LogP contribution in [0.3, 0.4) is 0 Å². The maximum atomic E-state index is 9.75. The van der Waals surface area contributed by atoms with Crippen LogP contribution in [-0.4, -0.2) is 65.9 Å². The smallest absolute Gasteiger partial charge is 0.418 e. The standard InChI is InChI=1S/C14H20N5O.BF4/c1-18(2)14(20-13-11-15-17-16-13)19(3)10-9-12-7-5-4-6-8-12;2-1(3,4)5/h4-8,11H,9-10H2,1-3H3,(H,15,16,17);/q+1;-1. The molecule has 0 spiro atoms. The van der Waals surface area contributed by atoms with Crippen molar-refractivity contribution >= 4 is 13.3 Å². The third-order valence-electron chi connectivity index (χ3n) is 2.88. The average Bonchev–Trinajstić information content (AvgIpc) is 3.02. The Kier molecular flexibility index (Phi) is 7.90. The van der Waals surface area contributed by atoms with Gasteiger partial charge in [-0.2, -0.15) is 10.3 Å². The Balaban J connectivity index is 0.000000550. The van der Waals surface area contributed by atoms with Crippen LogP contribution in [0.25, 0.3) is 0 Å². The zero-order valence-electron chi connectivity index (χ0n) is 14.2. The summed E-state index contributed by atoms with van der Waals surface area (Å²) in [6.45, 7) is 0.857. The second-order valence-electron chi connectivity index (χ2n) is 5.24. The van der Waals surface area contributed by atoms with Crippen molar-refractivity contribution in [3.8, 4) is 5.88 Å². The molecule has 0 aliphatic heterocycles. The van der Waals surface area contributed by atoms with Gasteiger partial charge in [-0.1, -0.05) is 30.3 Å². The van der Waals surface area contributed by atoms with E-state index in [1.165, 1.54) is 5.56 Å². The number of H-pyrrole nitrogens is 1. The Morgan fingerprint density at radius 3 is 2.28 bits per heavy atom. The summed E-state index contributed by atoms with van der Waals surface area (Å²) in [6.07, 6.45) is 2.51. The summed E-state index contributed by atoms with van der Waals surface area (Å²) in [5, 5.41) is 10.2. The van der Waals surface area contributed by atoms with Crippen molar-refractivity contribution in [2.24, 2.45) is 0 Å². The van der Waals surface area contributed by atoms with Crippen LogP contribution in [0.15, 0.2) is 36.5 Å². The zero-order chi connectivity index (χ0) is 18.9. The lowest BCUT2D eigenvalue weighted by atomic mass is 10.1. The molecule has 1 aromatic heterocycles. The fraction of sp³-hybridized carbons (Fsp3) is 0.357. The quantitative estimate of drug-likeness (QED) is 0.299. The molecule has 2 aromatic rings. The van der Waals surface area contributed by atoms with Crippen LogP contribution in [-0.2, 0) is 6.42 Å². The van der Waals surface area contributed by atoms with Crippen molar-refractivity contribution in [2.45, 2.75) is 6.42 Å². The topological polar surface area (TPSA) is 57.0 Å². The summed E-state index contributed by atoms with van der Waals surface area (Å²) in [6, 6.07) is 11.1. The molecule has 6 nitrogen and oxygen atoms in total. The largest absolute Gasteiger partial charge is 0.673 e. The van der Waals surface area contributed by atoms with Gasteiger partial charge in [-0.3, -0.25) is 0 Å². The molecule has 0 aliphatic carbocycles. The van der Waals surface area contributed by atoms with Crippen LogP contribution in [0, 0.1) is 0 Å². The highest BCUT2D eigenvalue weighted by Crippen LogP contribution is 2.07. The minimum atomic E-state index is -6.00. The second kappa shape index (κ2) is 9.65. The third-order valence-corrected chi connectivity index (χ3v) is 2.88. The number of benzene rings is 1. The van der Waals surface area contributed by atoms with Crippen molar-refractivity contribution < 1.29 is 26.6 Å². The molecular formula is C14H20BF4N5O. The summed E-state index contributed by atoms with van der Waals surface area (Å²) in [7, 11) is -0.124. The number of rotatable bonds is 4. The van der Waals surface area contributed by atoms with Gasteiger partial charge >= 0.3 is 13.3 Å². The average molecular weight is 361 g/mol. The van der Waals surface area contributed by atoms with E-state index in [9.17, 15) is 17.3 Å².